The van der Waals surface area contributed by atoms with Crippen molar-refractivity contribution in [2.45, 2.75) is 6.10 Å². The third-order valence-corrected chi connectivity index (χ3v) is 4.33. The monoisotopic (exact) mass is 367 g/mol. The number of hydrogen-bond acceptors (Lipinski definition) is 5. The smallest absolute Gasteiger partial charge is 0.248 e. The molecule has 0 aliphatic carbocycles. The lowest BCUT2D eigenvalue weighted by molar-refractivity contribution is 0.0208. The molecule has 0 saturated carbocycles. The zero-order valence-corrected chi connectivity index (χ0v) is 14.4. The lowest BCUT2D eigenvalue weighted by Crippen LogP contribution is -2.34. The number of carbonyl (C=O) groups is 1. The number of hydrogen-bond donors (Lipinski definition) is 2. The Balaban J connectivity index is 1.78. The Bertz CT molecular complexity index is 964. The van der Waals surface area contributed by atoms with Crippen molar-refractivity contribution in [3.8, 4) is 17.1 Å². The first-order valence-corrected chi connectivity index (χ1v) is 8.57. The molecule has 7 nitrogen and oxygen atoms in total. The third kappa shape index (κ3) is 3.57. The highest BCUT2D eigenvalue weighted by Gasteiger charge is 2.24. The van der Waals surface area contributed by atoms with Gasteiger partial charge in [-0.2, -0.15) is 0 Å². The average Bonchev–Trinajstić information content (AvgIpc) is 3.14. The average molecular weight is 367 g/mol. The molecular formula is C19H18FN5O2. The van der Waals surface area contributed by atoms with Gasteiger partial charge in [0.2, 0.25) is 5.91 Å². The van der Waals surface area contributed by atoms with E-state index in [2.05, 4.69) is 15.4 Å². The molecule has 1 amide bonds. The first-order chi connectivity index (χ1) is 13.1. The van der Waals surface area contributed by atoms with Gasteiger partial charge in [0.15, 0.2) is 11.6 Å². The molecule has 1 aromatic heterocycles. The maximum absolute atomic E-state index is 13.7. The van der Waals surface area contributed by atoms with Crippen molar-refractivity contribution in [3.63, 3.8) is 0 Å². The molecule has 3 N–H and O–H groups in total. The number of rotatable bonds is 4. The maximum Gasteiger partial charge on any atom is 0.248 e. The van der Waals surface area contributed by atoms with E-state index in [9.17, 15) is 9.18 Å². The summed E-state index contributed by atoms with van der Waals surface area (Å²) in [5.74, 6) is 0.187. The van der Waals surface area contributed by atoms with Gasteiger partial charge in [-0.3, -0.25) is 4.79 Å². The Morgan fingerprint density at radius 3 is 2.74 bits per heavy atom. The van der Waals surface area contributed by atoms with E-state index in [1.54, 1.807) is 41.1 Å². The number of morpholine rings is 1. The second-order valence-corrected chi connectivity index (χ2v) is 6.19. The fraction of sp³-hybridized carbons (Fsp3) is 0.211. The van der Waals surface area contributed by atoms with Crippen LogP contribution in [0.15, 0.2) is 48.5 Å². The van der Waals surface area contributed by atoms with Crippen LogP contribution in [0.4, 0.5) is 4.39 Å². The standard InChI is InChI=1S/C19H18FN5O2/c20-14-2-1-3-15(10-14)25-19(16-11-22-8-9-27-16)23-18(24-25)13-6-4-12(5-7-13)17(21)26/h1-7,10,16,22H,8-9,11H2,(H2,21,26). The third-order valence-electron chi connectivity index (χ3n) is 4.33. The Labute approximate surface area is 155 Å². The second kappa shape index (κ2) is 7.26. The van der Waals surface area contributed by atoms with Crippen molar-refractivity contribution in [2.75, 3.05) is 19.7 Å². The fourth-order valence-corrected chi connectivity index (χ4v) is 2.97. The molecule has 0 spiro atoms. The number of carbonyl (C=O) groups excluding carboxylic acids is 1. The zero-order chi connectivity index (χ0) is 18.8. The number of amides is 1. The number of nitrogens with zero attached hydrogens (tertiary/aromatic N) is 3. The highest BCUT2D eigenvalue weighted by Crippen LogP contribution is 2.25. The van der Waals surface area contributed by atoms with Crippen LogP contribution >= 0.6 is 0 Å². The summed E-state index contributed by atoms with van der Waals surface area (Å²) in [5, 5.41) is 7.82. The van der Waals surface area contributed by atoms with Crippen molar-refractivity contribution < 1.29 is 13.9 Å². The van der Waals surface area contributed by atoms with Gasteiger partial charge in [-0.15, -0.1) is 5.10 Å². The summed E-state index contributed by atoms with van der Waals surface area (Å²) in [6.45, 7) is 1.92. The number of primary amides is 1. The van der Waals surface area contributed by atoms with E-state index in [1.807, 2.05) is 0 Å². The molecule has 0 radical (unpaired) electrons. The molecule has 0 bridgehead atoms. The lowest BCUT2D eigenvalue weighted by Gasteiger charge is -2.23. The zero-order valence-electron chi connectivity index (χ0n) is 14.4. The van der Waals surface area contributed by atoms with E-state index < -0.39 is 5.91 Å². The normalized spacial score (nSPS) is 17.0. The van der Waals surface area contributed by atoms with Crippen LogP contribution in [-0.2, 0) is 4.74 Å². The summed E-state index contributed by atoms with van der Waals surface area (Å²) < 4.78 is 21.1. The molecule has 27 heavy (non-hydrogen) atoms. The van der Waals surface area contributed by atoms with E-state index in [1.165, 1.54) is 12.1 Å². The Morgan fingerprint density at radius 1 is 1.26 bits per heavy atom. The Kier molecular flexibility index (Phi) is 4.66. The molecule has 1 atom stereocenters. The maximum atomic E-state index is 13.7. The van der Waals surface area contributed by atoms with Gasteiger partial charge < -0.3 is 15.8 Å². The van der Waals surface area contributed by atoms with Crippen LogP contribution in [0.2, 0.25) is 0 Å². The SMILES string of the molecule is NC(=O)c1ccc(-c2nc(C3CNCCO3)n(-c3cccc(F)c3)n2)cc1. The van der Waals surface area contributed by atoms with Crippen LogP contribution in [0, 0.1) is 5.82 Å². The molecule has 1 unspecified atom stereocenters. The Morgan fingerprint density at radius 2 is 2.07 bits per heavy atom. The van der Waals surface area contributed by atoms with Crippen molar-refractivity contribution in [3.05, 3.63) is 65.7 Å². The highest BCUT2D eigenvalue weighted by atomic mass is 19.1. The predicted molar refractivity (Wildman–Crippen MR) is 96.8 cm³/mol. The summed E-state index contributed by atoms with van der Waals surface area (Å²) in [4.78, 5) is 15.9. The molecular weight excluding hydrogens is 349 g/mol. The lowest BCUT2D eigenvalue weighted by atomic mass is 10.1. The molecule has 2 heterocycles. The van der Waals surface area contributed by atoms with Crippen LogP contribution in [0.1, 0.15) is 22.3 Å². The van der Waals surface area contributed by atoms with E-state index in [-0.39, 0.29) is 11.9 Å². The van der Waals surface area contributed by atoms with Crippen LogP contribution in [0.3, 0.4) is 0 Å². The van der Waals surface area contributed by atoms with Crippen LogP contribution in [0.25, 0.3) is 17.1 Å². The van der Waals surface area contributed by atoms with Gasteiger partial charge in [0.05, 0.1) is 12.3 Å². The van der Waals surface area contributed by atoms with Crippen LogP contribution in [-0.4, -0.2) is 40.4 Å². The quantitative estimate of drug-likeness (QED) is 0.734. The number of benzene rings is 2. The van der Waals surface area contributed by atoms with Crippen molar-refractivity contribution in [2.24, 2.45) is 5.73 Å². The molecule has 4 rings (SSSR count). The summed E-state index contributed by atoms with van der Waals surface area (Å²) in [5.41, 5.74) is 6.98. The largest absolute Gasteiger partial charge is 0.368 e. The Hall–Kier alpha value is -3.10. The summed E-state index contributed by atoms with van der Waals surface area (Å²) in [7, 11) is 0. The van der Waals surface area contributed by atoms with Gasteiger partial charge in [0.25, 0.3) is 0 Å². The van der Waals surface area contributed by atoms with Gasteiger partial charge in [-0.1, -0.05) is 18.2 Å². The summed E-state index contributed by atoms with van der Waals surface area (Å²) >= 11 is 0. The first kappa shape index (κ1) is 17.3. The minimum Gasteiger partial charge on any atom is -0.368 e. The van der Waals surface area contributed by atoms with Crippen LogP contribution < -0.4 is 11.1 Å². The molecule has 138 valence electrons. The molecule has 1 aliphatic heterocycles. The molecule has 8 heteroatoms. The number of ether oxygens (including phenoxy) is 1. The molecule has 2 aromatic carbocycles. The fourth-order valence-electron chi connectivity index (χ4n) is 2.97. The molecule has 3 aromatic rings. The topological polar surface area (TPSA) is 95.1 Å². The minimum absolute atomic E-state index is 0.298. The van der Waals surface area contributed by atoms with Gasteiger partial charge in [0, 0.05) is 24.2 Å². The predicted octanol–water partition coefficient (Wildman–Crippen LogP) is 1.83. The van der Waals surface area contributed by atoms with E-state index in [0.717, 1.165) is 12.1 Å². The molecule has 1 aliphatic rings. The van der Waals surface area contributed by atoms with Crippen molar-refractivity contribution in [1.82, 2.24) is 20.1 Å². The van der Waals surface area contributed by atoms with Crippen molar-refractivity contribution >= 4 is 5.91 Å². The summed E-state index contributed by atoms with van der Waals surface area (Å²) in [6, 6.07) is 12.9. The van der Waals surface area contributed by atoms with Gasteiger partial charge in [0.1, 0.15) is 11.9 Å². The second-order valence-electron chi connectivity index (χ2n) is 6.19. The van der Waals surface area contributed by atoms with Gasteiger partial charge >= 0.3 is 0 Å². The number of aromatic nitrogens is 3. The number of nitrogens with one attached hydrogen (secondary N) is 1. The van der Waals surface area contributed by atoms with E-state index in [4.69, 9.17) is 10.5 Å². The highest BCUT2D eigenvalue weighted by molar-refractivity contribution is 5.93. The van der Waals surface area contributed by atoms with E-state index in [0.29, 0.717) is 36.1 Å². The minimum atomic E-state index is -0.498. The van der Waals surface area contributed by atoms with E-state index >= 15 is 0 Å². The van der Waals surface area contributed by atoms with Gasteiger partial charge in [-0.25, -0.2) is 14.1 Å². The summed E-state index contributed by atoms with van der Waals surface area (Å²) in [6.07, 6.45) is -0.298. The van der Waals surface area contributed by atoms with Crippen molar-refractivity contribution in [1.29, 1.82) is 0 Å². The van der Waals surface area contributed by atoms with Gasteiger partial charge in [-0.05, 0) is 30.3 Å². The van der Waals surface area contributed by atoms with Crippen LogP contribution in [0.5, 0.6) is 0 Å². The first-order valence-electron chi connectivity index (χ1n) is 8.57. The molecule has 1 fully saturated rings. The number of nitrogens with two attached hydrogens (primary N) is 1. The molecule has 1 saturated heterocycles. The number of halogens is 1.